The van der Waals surface area contributed by atoms with Gasteiger partial charge in [-0.1, -0.05) is 0 Å². The van der Waals surface area contributed by atoms with Crippen LogP contribution in [0.2, 0.25) is 0 Å². The molecule has 0 fully saturated rings. The topological polar surface area (TPSA) is 58.5 Å². The van der Waals surface area contributed by atoms with Crippen LogP contribution in [-0.4, -0.2) is 43.3 Å². The van der Waals surface area contributed by atoms with Crippen LogP contribution in [0.5, 0.6) is 0 Å². The van der Waals surface area contributed by atoms with Gasteiger partial charge >= 0.3 is 0 Å². The Morgan fingerprint density at radius 1 is 1.32 bits per heavy atom. The van der Waals surface area contributed by atoms with Crippen molar-refractivity contribution >= 4 is 41.3 Å². The monoisotopic (exact) mass is 440 g/mol. The highest BCUT2D eigenvalue weighted by molar-refractivity contribution is 14.0. The molecule has 0 bridgehead atoms. The van der Waals surface area contributed by atoms with Crippen molar-refractivity contribution in [2.24, 2.45) is 4.99 Å². The number of aromatic nitrogens is 1. The summed E-state index contributed by atoms with van der Waals surface area (Å²) in [5.41, 5.74) is 0.892. The minimum absolute atomic E-state index is 0. The fourth-order valence-corrected chi connectivity index (χ4v) is 2.54. The predicted molar refractivity (Wildman–Crippen MR) is 106 cm³/mol. The summed E-state index contributed by atoms with van der Waals surface area (Å²) < 4.78 is 5.38. The SMILES string of the molecule is CCNC(=NCC(C)(C)OC)NCCc1nc(C)c(C)s1.I. The van der Waals surface area contributed by atoms with Crippen molar-refractivity contribution in [1.29, 1.82) is 0 Å². The van der Waals surface area contributed by atoms with E-state index in [1.165, 1.54) is 9.88 Å². The number of nitrogens with one attached hydrogen (secondary N) is 2. The maximum absolute atomic E-state index is 5.38. The van der Waals surface area contributed by atoms with Crippen LogP contribution in [0.15, 0.2) is 4.99 Å². The van der Waals surface area contributed by atoms with Crippen LogP contribution in [0.25, 0.3) is 0 Å². The van der Waals surface area contributed by atoms with Gasteiger partial charge in [0.05, 0.1) is 22.8 Å². The second-order valence-corrected chi connectivity index (χ2v) is 6.87. The van der Waals surface area contributed by atoms with Crippen molar-refractivity contribution < 1.29 is 4.74 Å². The summed E-state index contributed by atoms with van der Waals surface area (Å²) in [5.74, 6) is 0.827. The molecular weight excluding hydrogens is 411 g/mol. The van der Waals surface area contributed by atoms with Gasteiger partial charge < -0.3 is 15.4 Å². The van der Waals surface area contributed by atoms with E-state index in [0.717, 1.165) is 31.2 Å². The molecule has 5 nitrogen and oxygen atoms in total. The average Bonchev–Trinajstić information content (AvgIpc) is 2.75. The Labute approximate surface area is 155 Å². The van der Waals surface area contributed by atoms with Crippen molar-refractivity contribution in [3.63, 3.8) is 0 Å². The van der Waals surface area contributed by atoms with Crippen molar-refractivity contribution in [3.05, 3.63) is 15.6 Å². The van der Waals surface area contributed by atoms with E-state index in [0.29, 0.717) is 6.54 Å². The molecule has 0 aliphatic heterocycles. The molecule has 1 aromatic heterocycles. The van der Waals surface area contributed by atoms with E-state index in [2.05, 4.69) is 41.4 Å². The fraction of sp³-hybridized carbons (Fsp3) is 0.733. The third-order valence-electron chi connectivity index (χ3n) is 3.22. The summed E-state index contributed by atoms with van der Waals surface area (Å²) in [6, 6.07) is 0. The van der Waals surface area contributed by atoms with Crippen LogP contribution in [0, 0.1) is 13.8 Å². The molecule has 1 heterocycles. The number of guanidine groups is 1. The molecule has 0 aliphatic rings. The molecule has 0 unspecified atom stereocenters. The molecule has 0 aliphatic carbocycles. The fourth-order valence-electron chi connectivity index (χ4n) is 1.61. The van der Waals surface area contributed by atoms with Crippen molar-refractivity contribution in [2.75, 3.05) is 26.7 Å². The van der Waals surface area contributed by atoms with Crippen molar-refractivity contribution in [1.82, 2.24) is 15.6 Å². The molecular formula is C15H29IN4OS. The first-order valence-corrected chi connectivity index (χ1v) is 8.20. The highest BCUT2D eigenvalue weighted by Gasteiger charge is 2.15. The normalized spacial score (nSPS) is 12.0. The molecule has 0 saturated carbocycles. The molecule has 0 aromatic carbocycles. The molecule has 22 heavy (non-hydrogen) atoms. The molecule has 0 amide bonds. The molecule has 0 atom stereocenters. The largest absolute Gasteiger partial charge is 0.377 e. The summed E-state index contributed by atoms with van der Waals surface area (Å²) in [5, 5.41) is 7.76. The summed E-state index contributed by atoms with van der Waals surface area (Å²) in [6.45, 7) is 12.6. The third-order valence-corrected chi connectivity index (χ3v) is 4.35. The van der Waals surface area contributed by atoms with E-state index < -0.39 is 0 Å². The smallest absolute Gasteiger partial charge is 0.191 e. The van der Waals surface area contributed by atoms with Gasteiger partial charge in [0.2, 0.25) is 0 Å². The summed E-state index contributed by atoms with van der Waals surface area (Å²) in [7, 11) is 1.71. The first-order valence-electron chi connectivity index (χ1n) is 7.38. The lowest BCUT2D eigenvalue weighted by Gasteiger charge is -2.21. The molecule has 1 aromatic rings. The van der Waals surface area contributed by atoms with E-state index in [9.17, 15) is 0 Å². The van der Waals surface area contributed by atoms with Gasteiger partial charge in [-0.2, -0.15) is 0 Å². The summed E-state index contributed by atoms with van der Waals surface area (Å²) in [4.78, 5) is 10.4. The molecule has 1 rings (SSSR count). The summed E-state index contributed by atoms with van der Waals surface area (Å²) in [6.07, 6.45) is 0.914. The first kappa shape index (κ1) is 21.6. The molecule has 7 heteroatoms. The third kappa shape index (κ3) is 7.73. The first-order chi connectivity index (χ1) is 9.88. The minimum Gasteiger partial charge on any atom is -0.377 e. The van der Waals surface area contributed by atoms with Crippen LogP contribution in [0.4, 0.5) is 0 Å². The Hall–Kier alpha value is -0.410. The van der Waals surface area contributed by atoms with Gasteiger partial charge in [-0.05, 0) is 34.6 Å². The number of thiazole rings is 1. The molecule has 0 radical (unpaired) electrons. The number of aryl methyl sites for hydroxylation is 2. The van der Waals surface area contributed by atoms with Gasteiger partial charge in [0.1, 0.15) is 0 Å². The quantitative estimate of drug-likeness (QED) is 0.389. The number of aliphatic imine (C=N–C) groups is 1. The number of halogens is 1. The van der Waals surface area contributed by atoms with Crippen LogP contribution < -0.4 is 10.6 Å². The number of methoxy groups -OCH3 is 1. The van der Waals surface area contributed by atoms with Gasteiger partial charge in [-0.15, -0.1) is 35.3 Å². The van der Waals surface area contributed by atoms with Crippen molar-refractivity contribution in [3.8, 4) is 0 Å². The van der Waals surface area contributed by atoms with Gasteiger partial charge in [0, 0.05) is 31.5 Å². The Morgan fingerprint density at radius 2 is 2.00 bits per heavy atom. The Kier molecular flexibility index (Phi) is 10.2. The van der Waals surface area contributed by atoms with E-state index in [1.807, 2.05) is 13.8 Å². The summed E-state index contributed by atoms with van der Waals surface area (Å²) >= 11 is 1.77. The number of nitrogens with zero attached hydrogens (tertiary/aromatic N) is 2. The Bertz CT molecular complexity index is 455. The second kappa shape index (κ2) is 10.4. The minimum atomic E-state index is -0.244. The second-order valence-electron chi connectivity index (χ2n) is 5.58. The molecule has 0 saturated heterocycles. The van der Waals surface area contributed by atoms with E-state index in [-0.39, 0.29) is 29.6 Å². The molecule has 0 spiro atoms. The van der Waals surface area contributed by atoms with Crippen LogP contribution in [0.3, 0.4) is 0 Å². The van der Waals surface area contributed by atoms with E-state index >= 15 is 0 Å². The number of rotatable bonds is 7. The van der Waals surface area contributed by atoms with Crippen LogP contribution in [-0.2, 0) is 11.2 Å². The van der Waals surface area contributed by atoms with E-state index in [4.69, 9.17) is 4.74 Å². The maximum atomic E-state index is 5.38. The zero-order valence-electron chi connectivity index (χ0n) is 14.4. The van der Waals surface area contributed by atoms with E-state index in [1.54, 1.807) is 18.4 Å². The zero-order valence-corrected chi connectivity index (χ0v) is 17.6. The average molecular weight is 440 g/mol. The lowest BCUT2D eigenvalue weighted by atomic mass is 10.1. The molecule has 128 valence electrons. The van der Waals surface area contributed by atoms with Gasteiger partial charge in [0.25, 0.3) is 0 Å². The van der Waals surface area contributed by atoms with Gasteiger partial charge in [0.15, 0.2) is 5.96 Å². The number of ether oxygens (including phenoxy) is 1. The Balaban J connectivity index is 0.00000441. The van der Waals surface area contributed by atoms with Gasteiger partial charge in [-0.25, -0.2) is 4.98 Å². The highest BCUT2D eigenvalue weighted by atomic mass is 127. The maximum Gasteiger partial charge on any atom is 0.191 e. The predicted octanol–water partition coefficient (Wildman–Crippen LogP) is 2.90. The van der Waals surface area contributed by atoms with Crippen LogP contribution in [0.1, 0.15) is 36.3 Å². The van der Waals surface area contributed by atoms with Gasteiger partial charge in [-0.3, -0.25) is 4.99 Å². The van der Waals surface area contributed by atoms with Crippen LogP contribution >= 0.6 is 35.3 Å². The zero-order chi connectivity index (χ0) is 15.9. The Morgan fingerprint density at radius 3 is 2.50 bits per heavy atom. The highest BCUT2D eigenvalue weighted by Crippen LogP contribution is 2.16. The van der Waals surface area contributed by atoms with Crippen molar-refractivity contribution in [2.45, 2.75) is 46.6 Å². The number of hydrogen-bond acceptors (Lipinski definition) is 4. The lowest BCUT2D eigenvalue weighted by molar-refractivity contribution is 0.0310. The molecule has 2 N–H and O–H groups in total. The lowest BCUT2D eigenvalue weighted by Crippen LogP contribution is -2.40. The standard InChI is InChI=1S/C15H28N4OS.HI/c1-7-16-14(18-10-15(4,5)20-6)17-9-8-13-19-11(2)12(3)21-13;/h7-10H2,1-6H3,(H2,16,17,18);1H. The number of hydrogen-bond donors (Lipinski definition) is 2.